The zero-order valence-corrected chi connectivity index (χ0v) is 30.4. The summed E-state index contributed by atoms with van der Waals surface area (Å²) in [6.07, 6.45) is -3.10. The van der Waals surface area contributed by atoms with Crippen molar-refractivity contribution in [2.75, 3.05) is 27.3 Å². The lowest BCUT2D eigenvalue weighted by molar-refractivity contribution is -0.147. The fourth-order valence-corrected chi connectivity index (χ4v) is 5.67. The highest BCUT2D eigenvalue weighted by Crippen LogP contribution is 2.34. The summed E-state index contributed by atoms with van der Waals surface area (Å²) >= 11 is 13.0. The average Bonchev–Trinajstić information content (AvgIpc) is 3.11. The molecule has 278 valence electrons. The molecular weight excluding hydrogens is 719 g/mol. The molecule has 16 heteroatoms. The summed E-state index contributed by atoms with van der Waals surface area (Å²) in [5, 5.41) is 42.9. The third kappa shape index (κ3) is 10.2. The van der Waals surface area contributed by atoms with Gasteiger partial charge in [-0.25, -0.2) is 9.59 Å². The normalized spacial score (nSPS) is 12.2. The number of nitrogens with zero attached hydrogens (tertiary/aromatic N) is 2. The summed E-state index contributed by atoms with van der Waals surface area (Å²) in [6.45, 7) is 4.32. The van der Waals surface area contributed by atoms with Gasteiger partial charge in [-0.15, -0.1) is 0 Å². The van der Waals surface area contributed by atoms with E-state index in [1.165, 1.54) is 14.2 Å². The minimum atomic E-state index is -1.55. The lowest BCUT2D eigenvalue weighted by Gasteiger charge is -2.18. The molecule has 0 amide bonds. The van der Waals surface area contributed by atoms with E-state index in [4.69, 9.17) is 52.4 Å². The summed E-state index contributed by atoms with van der Waals surface area (Å²) in [5.74, 6) is -1.84. The van der Waals surface area contributed by atoms with Crippen LogP contribution in [0.1, 0.15) is 33.4 Å². The van der Waals surface area contributed by atoms with E-state index in [0.29, 0.717) is 11.1 Å². The molecule has 0 unspecified atom stereocenters. The number of aliphatic hydroxyl groups is 2. The zero-order valence-electron chi connectivity index (χ0n) is 28.9. The van der Waals surface area contributed by atoms with E-state index in [0.717, 1.165) is 33.4 Å². The van der Waals surface area contributed by atoms with Crippen molar-refractivity contribution in [3.8, 4) is 34.6 Å². The third-order valence-electron chi connectivity index (χ3n) is 8.14. The SMILES string of the molecule is COc1nc(OCc2cccc(-c3cccc(COc4nc(OC)c(CNC[C@H](O)C(=O)O)cc4Cl)c3C)c2C)c(Cl)cc1CNC[C@H](O)C(=O)O. The van der Waals surface area contributed by atoms with Crippen LogP contribution in [-0.4, -0.2) is 81.8 Å². The Bertz CT molecular complexity index is 1760. The first-order chi connectivity index (χ1) is 24.8. The van der Waals surface area contributed by atoms with Gasteiger partial charge in [-0.05, 0) is 59.4 Å². The van der Waals surface area contributed by atoms with Gasteiger partial charge in [-0.2, -0.15) is 9.97 Å². The molecule has 0 fully saturated rings. The van der Waals surface area contributed by atoms with E-state index in [-0.39, 0.29) is 73.0 Å². The first kappa shape index (κ1) is 40.1. The summed E-state index contributed by atoms with van der Waals surface area (Å²) in [4.78, 5) is 30.6. The monoisotopic (exact) mass is 758 g/mol. The fraction of sp³-hybridized carbons (Fsp3) is 0.333. The smallest absolute Gasteiger partial charge is 0.333 e. The number of aliphatic carboxylic acids is 2. The molecular formula is C36H40Cl2N4O10. The lowest BCUT2D eigenvalue weighted by Crippen LogP contribution is -2.32. The van der Waals surface area contributed by atoms with Crippen LogP contribution in [0.25, 0.3) is 11.1 Å². The van der Waals surface area contributed by atoms with Gasteiger partial charge in [0.15, 0.2) is 12.2 Å². The van der Waals surface area contributed by atoms with Crippen molar-refractivity contribution >= 4 is 35.1 Å². The molecule has 0 spiro atoms. The van der Waals surface area contributed by atoms with Crippen molar-refractivity contribution in [1.82, 2.24) is 20.6 Å². The maximum absolute atomic E-state index is 10.9. The average molecular weight is 760 g/mol. The van der Waals surface area contributed by atoms with Crippen LogP contribution in [0.15, 0.2) is 48.5 Å². The number of rotatable bonds is 19. The zero-order chi connectivity index (χ0) is 37.9. The van der Waals surface area contributed by atoms with Crippen LogP contribution in [0, 0.1) is 13.8 Å². The van der Waals surface area contributed by atoms with Crippen LogP contribution < -0.4 is 29.6 Å². The molecule has 2 heterocycles. The van der Waals surface area contributed by atoms with Gasteiger partial charge >= 0.3 is 11.9 Å². The number of ether oxygens (including phenoxy) is 4. The number of aliphatic hydroxyl groups excluding tert-OH is 2. The topological polar surface area (TPSA) is 202 Å². The first-order valence-electron chi connectivity index (χ1n) is 16.0. The lowest BCUT2D eigenvalue weighted by atomic mass is 9.92. The number of carboxylic acids is 2. The van der Waals surface area contributed by atoms with Gasteiger partial charge in [-0.3, -0.25) is 0 Å². The summed E-state index contributed by atoms with van der Waals surface area (Å²) in [7, 11) is 2.89. The molecule has 52 heavy (non-hydrogen) atoms. The molecule has 2 aromatic heterocycles. The van der Waals surface area contributed by atoms with Crippen molar-refractivity contribution in [2.45, 2.75) is 52.4 Å². The van der Waals surface area contributed by atoms with E-state index in [1.807, 2.05) is 50.2 Å². The van der Waals surface area contributed by atoms with Crippen LogP contribution in [-0.2, 0) is 35.9 Å². The van der Waals surface area contributed by atoms with Crippen LogP contribution >= 0.6 is 23.2 Å². The highest BCUT2D eigenvalue weighted by molar-refractivity contribution is 6.32. The fourth-order valence-electron chi connectivity index (χ4n) is 5.21. The molecule has 2 atom stereocenters. The number of aromatic nitrogens is 2. The van der Waals surface area contributed by atoms with E-state index >= 15 is 0 Å². The molecule has 0 radical (unpaired) electrons. The molecule has 0 saturated heterocycles. The Kier molecular flexibility index (Phi) is 14.4. The number of hydrogen-bond donors (Lipinski definition) is 6. The summed E-state index contributed by atoms with van der Waals surface area (Å²) in [6, 6.07) is 15.1. The van der Waals surface area contributed by atoms with Crippen LogP contribution in [0.4, 0.5) is 0 Å². The number of benzene rings is 2. The highest BCUT2D eigenvalue weighted by atomic mass is 35.5. The van der Waals surface area contributed by atoms with Crippen molar-refractivity contribution in [3.63, 3.8) is 0 Å². The van der Waals surface area contributed by atoms with Crippen molar-refractivity contribution in [1.29, 1.82) is 0 Å². The van der Waals surface area contributed by atoms with Gasteiger partial charge < -0.3 is 50.0 Å². The largest absolute Gasteiger partial charge is 0.481 e. The number of carboxylic acid groups (broad SMARTS) is 2. The Balaban J connectivity index is 1.46. The third-order valence-corrected chi connectivity index (χ3v) is 8.68. The molecule has 14 nitrogen and oxygen atoms in total. The Hall–Kier alpha value is -4.70. The number of halogens is 2. The Labute approximate surface area is 310 Å². The van der Waals surface area contributed by atoms with Crippen LogP contribution in [0.3, 0.4) is 0 Å². The first-order valence-corrected chi connectivity index (χ1v) is 16.7. The van der Waals surface area contributed by atoms with E-state index < -0.39 is 24.1 Å². The maximum atomic E-state index is 10.9. The standard InChI is InChI=1S/C36H40Cl2N4O10/c1-19-21(17-51-33-27(37)11-23(31(41-33)49-3)13-39-15-29(43)35(45)46)7-5-9-25(19)26-10-6-8-22(20(26)2)18-52-34-28(38)12-24(32(42-34)50-4)14-40-16-30(44)36(47)48/h5-12,29-30,39-40,43-44H,13-18H2,1-4H3,(H,45,46)(H,47,48)/t29-,30-/m0/s1. The Morgan fingerprint density at radius 3 is 1.40 bits per heavy atom. The number of pyridine rings is 2. The summed E-state index contributed by atoms with van der Waals surface area (Å²) < 4.78 is 22.9. The number of hydrogen-bond acceptors (Lipinski definition) is 12. The van der Waals surface area contributed by atoms with Gasteiger partial charge in [0.05, 0.1) is 14.2 Å². The second kappa shape index (κ2) is 18.7. The van der Waals surface area contributed by atoms with Crippen molar-refractivity contribution in [2.24, 2.45) is 0 Å². The van der Waals surface area contributed by atoms with Gasteiger partial charge in [0, 0.05) is 37.3 Å². The van der Waals surface area contributed by atoms with Crippen LogP contribution in [0.2, 0.25) is 10.0 Å². The minimum Gasteiger partial charge on any atom is -0.481 e. The molecule has 0 aliphatic carbocycles. The molecule has 4 rings (SSSR count). The van der Waals surface area contributed by atoms with Crippen molar-refractivity contribution < 1.29 is 49.0 Å². The quantitative estimate of drug-likeness (QED) is 0.0790. The van der Waals surface area contributed by atoms with Gasteiger partial charge in [0.1, 0.15) is 23.3 Å². The van der Waals surface area contributed by atoms with Crippen molar-refractivity contribution in [3.05, 3.63) is 92.0 Å². The molecule has 0 bridgehead atoms. The number of nitrogens with one attached hydrogen (secondary N) is 2. The second-order valence-electron chi connectivity index (χ2n) is 11.6. The van der Waals surface area contributed by atoms with Crippen LogP contribution in [0.5, 0.6) is 23.5 Å². The minimum absolute atomic E-state index is 0.164. The second-order valence-corrected chi connectivity index (χ2v) is 12.4. The van der Waals surface area contributed by atoms with Gasteiger partial charge in [0.2, 0.25) is 23.5 Å². The molecule has 6 N–H and O–H groups in total. The molecule has 0 aliphatic heterocycles. The molecule has 2 aromatic carbocycles. The van der Waals surface area contributed by atoms with Gasteiger partial charge in [0.25, 0.3) is 0 Å². The molecule has 0 aliphatic rings. The Morgan fingerprint density at radius 2 is 1.06 bits per heavy atom. The highest BCUT2D eigenvalue weighted by Gasteiger charge is 2.19. The number of methoxy groups -OCH3 is 2. The van der Waals surface area contributed by atoms with Gasteiger partial charge in [-0.1, -0.05) is 59.6 Å². The van der Waals surface area contributed by atoms with E-state index in [9.17, 15) is 19.8 Å². The molecule has 4 aromatic rings. The predicted molar refractivity (Wildman–Crippen MR) is 192 cm³/mol. The molecule has 0 saturated carbocycles. The Morgan fingerprint density at radius 1 is 0.673 bits per heavy atom. The maximum Gasteiger partial charge on any atom is 0.333 e. The number of carbonyl (C=O) groups is 2. The summed E-state index contributed by atoms with van der Waals surface area (Å²) in [5.41, 5.74) is 6.88. The van der Waals surface area contributed by atoms with E-state index in [1.54, 1.807) is 12.1 Å². The predicted octanol–water partition coefficient (Wildman–Crippen LogP) is 4.31. The van der Waals surface area contributed by atoms with E-state index in [2.05, 4.69) is 20.6 Å².